The summed E-state index contributed by atoms with van der Waals surface area (Å²) in [4.78, 5) is 28.7. The van der Waals surface area contributed by atoms with E-state index in [9.17, 15) is 22.4 Å². The van der Waals surface area contributed by atoms with Gasteiger partial charge in [-0.25, -0.2) is 12.8 Å². The van der Waals surface area contributed by atoms with Crippen molar-refractivity contribution in [3.63, 3.8) is 0 Å². The smallest absolute Gasteiger partial charge is 0.243 e. The molecule has 0 spiro atoms. The molecule has 3 aromatic rings. The second-order valence-electron chi connectivity index (χ2n) is 10.3. The molecule has 1 atom stereocenters. The molecule has 0 aliphatic rings. The van der Waals surface area contributed by atoms with E-state index in [-0.39, 0.29) is 23.8 Å². The first kappa shape index (κ1) is 30.3. The van der Waals surface area contributed by atoms with Gasteiger partial charge in [-0.05, 0) is 68.3 Å². The average Bonchev–Trinajstić information content (AvgIpc) is 2.87. The summed E-state index contributed by atoms with van der Waals surface area (Å²) in [6, 6.07) is 19.5. The number of benzene rings is 3. The lowest BCUT2D eigenvalue weighted by molar-refractivity contribution is -0.141. The third-order valence-corrected chi connectivity index (χ3v) is 7.98. The maximum atomic E-state index is 13.8. The Morgan fingerprint density at radius 2 is 1.51 bits per heavy atom. The Bertz CT molecular complexity index is 1380. The van der Waals surface area contributed by atoms with Crippen LogP contribution in [0.25, 0.3) is 0 Å². The van der Waals surface area contributed by atoms with Crippen molar-refractivity contribution in [1.29, 1.82) is 0 Å². The van der Waals surface area contributed by atoms with Crippen molar-refractivity contribution in [1.82, 2.24) is 14.5 Å². The van der Waals surface area contributed by atoms with Crippen LogP contribution in [0.1, 0.15) is 31.9 Å². The van der Waals surface area contributed by atoms with E-state index in [1.54, 1.807) is 0 Å². The second kappa shape index (κ2) is 12.7. The summed E-state index contributed by atoms with van der Waals surface area (Å²) >= 11 is 5.90. The average molecular weight is 574 g/mol. The standard InChI is InChI=1S/C29H33ClFN3O4S/c1-29(2,3)32-28(36)26(18-21-8-6-5-7-9-21)34(19-22-10-14-24(31)15-11-22)27(35)20-33(4)39(37,38)25-16-12-23(30)13-17-25/h5-17,26H,18-20H2,1-4H3,(H,32,36)/t26-/m0/s1. The molecule has 0 radical (unpaired) electrons. The van der Waals surface area contributed by atoms with Crippen molar-refractivity contribution in [3.05, 3.63) is 101 Å². The highest BCUT2D eigenvalue weighted by atomic mass is 35.5. The summed E-state index contributed by atoms with van der Waals surface area (Å²) in [5.41, 5.74) is 0.839. The summed E-state index contributed by atoms with van der Waals surface area (Å²) in [5.74, 6) is -1.40. The van der Waals surface area contributed by atoms with Crippen LogP contribution < -0.4 is 5.32 Å². The number of amides is 2. The number of rotatable bonds is 10. The lowest BCUT2D eigenvalue weighted by Crippen LogP contribution is -2.56. The molecule has 0 aliphatic heterocycles. The van der Waals surface area contributed by atoms with E-state index in [1.165, 1.54) is 60.5 Å². The van der Waals surface area contributed by atoms with Crippen molar-refractivity contribution in [2.24, 2.45) is 0 Å². The van der Waals surface area contributed by atoms with Gasteiger partial charge >= 0.3 is 0 Å². The Labute approximate surface area is 234 Å². The molecular formula is C29H33ClFN3O4S. The molecule has 39 heavy (non-hydrogen) atoms. The third-order valence-electron chi connectivity index (χ3n) is 5.92. The van der Waals surface area contributed by atoms with E-state index in [4.69, 9.17) is 11.6 Å². The van der Waals surface area contributed by atoms with Gasteiger partial charge in [0.15, 0.2) is 0 Å². The SMILES string of the molecule is CN(CC(=O)N(Cc1ccc(F)cc1)[C@@H](Cc1ccccc1)C(=O)NC(C)(C)C)S(=O)(=O)c1ccc(Cl)cc1. The van der Waals surface area contributed by atoms with Gasteiger partial charge < -0.3 is 10.2 Å². The largest absolute Gasteiger partial charge is 0.350 e. The summed E-state index contributed by atoms with van der Waals surface area (Å²) in [7, 11) is -2.71. The fourth-order valence-electron chi connectivity index (χ4n) is 3.95. The number of nitrogens with one attached hydrogen (secondary N) is 1. The molecule has 0 fully saturated rings. The quantitative estimate of drug-likeness (QED) is 0.382. The summed E-state index contributed by atoms with van der Waals surface area (Å²) in [5, 5.41) is 3.33. The first-order valence-electron chi connectivity index (χ1n) is 12.4. The van der Waals surface area contributed by atoms with Crippen LogP contribution in [0.2, 0.25) is 5.02 Å². The molecule has 0 bridgehead atoms. The van der Waals surface area contributed by atoms with Gasteiger partial charge in [-0.2, -0.15) is 4.31 Å². The zero-order valence-corrected chi connectivity index (χ0v) is 24.0. The normalized spacial score (nSPS) is 12.7. The lowest BCUT2D eigenvalue weighted by atomic mass is 10.0. The van der Waals surface area contributed by atoms with Crippen LogP contribution in [0.5, 0.6) is 0 Å². The van der Waals surface area contributed by atoms with E-state index >= 15 is 0 Å². The molecule has 1 N–H and O–H groups in total. The van der Waals surface area contributed by atoms with Crippen LogP contribution >= 0.6 is 11.6 Å². The fraction of sp³-hybridized carbons (Fsp3) is 0.310. The maximum absolute atomic E-state index is 13.8. The van der Waals surface area contributed by atoms with Crippen LogP contribution in [0.4, 0.5) is 4.39 Å². The van der Waals surface area contributed by atoms with Crippen molar-refractivity contribution in [2.45, 2.75) is 50.2 Å². The number of sulfonamides is 1. The summed E-state index contributed by atoms with van der Waals surface area (Å²) in [6.45, 7) is 4.97. The van der Waals surface area contributed by atoms with Gasteiger partial charge in [-0.15, -0.1) is 0 Å². The number of nitrogens with zero attached hydrogens (tertiary/aromatic N) is 2. The molecule has 0 heterocycles. The number of carbonyl (C=O) groups is 2. The van der Waals surface area contributed by atoms with Crippen molar-refractivity contribution in [2.75, 3.05) is 13.6 Å². The van der Waals surface area contributed by atoms with Gasteiger partial charge in [0.25, 0.3) is 0 Å². The van der Waals surface area contributed by atoms with E-state index in [0.717, 1.165) is 9.87 Å². The molecule has 2 amide bonds. The molecule has 7 nitrogen and oxygen atoms in total. The molecule has 10 heteroatoms. The third kappa shape index (κ3) is 8.61. The molecule has 0 aliphatic carbocycles. The summed E-state index contributed by atoms with van der Waals surface area (Å²) < 4.78 is 40.9. The number of carbonyl (C=O) groups excluding carboxylic acids is 2. The van der Waals surface area contributed by atoms with Crippen molar-refractivity contribution in [3.8, 4) is 0 Å². The first-order valence-corrected chi connectivity index (χ1v) is 14.2. The number of likely N-dealkylation sites (N-methyl/N-ethyl adjacent to an activating group) is 1. The zero-order valence-electron chi connectivity index (χ0n) is 22.4. The predicted molar refractivity (Wildman–Crippen MR) is 150 cm³/mol. The monoisotopic (exact) mass is 573 g/mol. The molecule has 0 saturated carbocycles. The Hall–Kier alpha value is -3.27. The Balaban J connectivity index is 1.98. The van der Waals surface area contributed by atoms with Crippen LogP contribution in [0, 0.1) is 5.82 Å². The topological polar surface area (TPSA) is 86.8 Å². The lowest BCUT2D eigenvalue weighted by Gasteiger charge is -2.34. The van der Waals surface area contributed by atoms with Gasteiger partial charge in [-0.3, -0.25) is 9.59 Å². The summed E-state index contributed by atoms with van der Waals surface area (Å²) in [6.07, 6.45) is 0.198. The van der Waals surface area contributed by atoms with Gasteiger partial charge in [0.05, 0.1) is 11.4 Å². The number of hydrogen-bond acceptors (Lipinski definition) is 4. The van der Waals surface area contributed by atoms with E-state index in [2.05, 4.69) is 5.32 Å². The van der Waals surface area contributed by atoms with E-state index < -0.39 is 39.9 Å². The predicted octanol–water partition coefficient (Wildman–Crippen LogP) is 4.65. The van der Waals surface area contributed by atoms with Gasteiger partial charge in [0.2, 0.25) is 21.8 Å². The first-order chi connectivity index (χ1) is 18.3. The van der Waals surface area contributed by atoms with Gasteiger partial charge in [-0.1, -0.05) is 54.1 Å². The minimum Gasteiger partial charge on any atom is -0.350 e. The fourth-order valence-corrected chi connectivity index (χ4v) is 5.19. The van der Waals surface area contributed by atoms with Crippen LogP contribution in [-0.2, 0) is 32.6 Å². The minimum atomic E-state index is -4.02. The Morgan fingerprint density at radius 3 is 2.08 bits per heavy atom. The molecule has 3 aromatic carbocycles. The maximum Gasteiger partial charge on any atom is 0.243 e. The second-order valence-corrected chi connectivity index (χ2v) is 12.8. The highest BCUT2D eigenvalue weighted by Crippen LogP contribution is 2.20. The molecule has 3 rings (SSSR count). The highest BCUT2D eigenvalue weighted by Gasteiger charge is 2.34. The van der Waals surface area contributed by atoms with E-state index in [0.29, 0.717) is 10.6 Å². The van der Waals surface area contributed by atoms with Crippen LogP contribution in [-0.4, -0.2) is 54.6 Å². The highest BCUT2D eigenvalue weighted by molar-refractivity contribution is 7.89. The molecule has 0 unspecified atom stereocenters. The zero-order chi connectivity index (χ0) is 28.8. The Morgan fingerprint density at radius 1 is 0.923 bits per heavy atom. The molecule has 0 saturated heterocycles. The molecule has 0 aromatic heterocycles. The number of halogens is 2. The minimum absolute atomic E-state index is 0.0152. The van der Waals surface area contributed by atoms with E-state index in [1.807, 2.05) is 51.1 Å². The van der Waals surface area contributed by atoms with Crippen molar-refractivity contribution >= 4 is 33.4 Å². The van der Waals surface area contributed by atoms with Gasteiger partial charge in [0.1, 0.15) is 11.9 Å². The van der Waals surface area contributed by atoms with Gasteiger partial charge in [0, 0.05) is 30.6 Å². The molecule has 208 valence electrons. The van der Waals surface area contributed by atoms with Crippen molar-refractivity contribution < 1.29 is 22.4 Å². The number of hydrogen-bond donors (Lipinski definition) is 1. The molecular weight excluding hydrogens is 541 g/mol. The Kier molecular flexibility index (Phi) is 9.88. The van der Waals surface area contributed by atoms with Crippen LogP contribution in [0.15, 0.2) is 83.8 Å². The van der Waals surface area contributed by atoms with Crippen LogP contribution in [0.3, 0.4) is 0 Å².